The number of hydrogen-bond donors (Lipinski definition) is 3. The molecule has 4 N–H and O–H groups in total. The molecular formula is C21H25ClN6O2. The van der Waals surface area contributed by atoms with Crippen LogP contribution in [0, 0.1) is 11.3 Å². The van der Waals surface area contributed by atoms with E-state index in [1.54, 1.807) is 6.07 Å². The third kappa shape index (κ3) is 4.81. The summed E-state index contributed by atoms with van der Waals surface area (Å²) in [5.74, 6) is 0.258. The van der Waals surface area contributed by atoms with Crippen molar-refractivity contribution in [1.29, 1.82) is 5.26 Å². The van der Waals surface area contributed by atoms with Crippen molar-refractivity contribution in [3.8, 4) is 6.07 Å². The molecule has 2 aromatic heterocycles. The van der Waals surface area contributed by atoms with Crippen LogP contribution >= 0.6 is 11.6 Å². The first kappa shape index (κ1) is 21.8. The van der Waals surface area contributed by atoms with Gasteiger partial charge in [-0.15, -0.1) is 0 Å². The summed E-state index contributed by atoms with van der Waals surface area (Å²) < 4.78 is 0. The summed E-state index contributed by atoms with van der Waals surface area (Å²) in [4.78, 5) is 22.7. The second kappa shape index (κ2) is 9.28. The fraction of sp³-hybridized carbons (Fsp3) is 0.429. The maximum atomic E-state index is 12.1. The van der Waals surface area contributed by atoms with Gasteiger partial charge in [-0.1, -0.05) is 11.6 Å². The molecule has 0 aromatic carbocycles. The topological polar surface area (TPSA) is 128 Å². The van der Waals surface area contributed by atoms with Crippen LogP contribution in [-0.2, 0) is 0 Å². The summed E-state index contributed by atoms with van der Waals surface area (Å²) in [5.41, 5.74) is 7.00. The number of carbonyl (C=O) groups is 1. The third-order valence-corrected chi connectivity index (χ3v) is 5.55. The number of aromatic nitrogens is 2. The molecule has 0 radical (unpaired) electrons. The molecule has 2 heterocycles. The molecule has 2 aromatic rings. The number of hydrogen-bond acceptors (Lipinski definition) is 7. The van der Waals surface area contributed by atoms with Crippen LogP contribution in [0.15, 0.2) is 24.5 Å². The van der Waals surface area contributed by atoms with Gasteiger partial charge in [0.1, 0.15) is 17.7 Å². The number of nitrogens with one attached hydrogen (secondary N) is 1. The first-order valence-corrected chi connectivity index (χ1v) is 10.3. The Labute approximate surface area is 180 Å². The molecule has 9 heteroatoms. The lowest BCUT2D eigenvalue weighted by Gasteiger charge is -2.41. The summed E-state index contributed by atoms with van der Waals surface area (Å²) >= 11 is 6.22. The first-order chi connectivity index (χ1) is 14.3. The van der Waals surface area contributed by atoms with E-state index in [4.69, 9.17) is 22.6 Å². The van der Waals surface area contributed by atoms with Crippen molar-refractivity contribution in [3.05, 3.63) is 40.7 Å². The minimum absolute atomic E-state index is 0.107. The minimum atomic E-state index is -0.555. The highest BCUT2D eigenvalue weighted by atomic mass is 35.5. The Balaban J connectivity index is 1.97. The second-order valence-electron chi connectivity index (χ2n) is 7.71. The van der Waals surface area contributed by atoms with Gasteiger partial charge >= 0.3 is 0 Å². The highest BCUT2D eigenvalue weighted by molar-refractivity contribution is 6.33. The van der Waals surface area contributed by atoms with Gasteiger partial charge in [0.25, 0.3) is 5.91 Å². The minimum Gasteiger partial charge on any atom is -0.393 e. The third-order valence-electron chi connectivity index (χ3n) is 5.26. The van der Waals surface area contributed by atoms with E-state index in [0.29, 0.717) is 33.5 Å². The molecule has 8 nitrogen and oxygen atoms in total. The van der Waals surface area contributed by atoms with Gasteiger partial charge in [0.05, 0.1) is 27.9 Å². The number of primary amides is 1. The molecular weight excluding hydrogens is 404 g/mol. The normalized spacial score (nSPS) is 18.7. The van der Waals surface area contributed by atoms with Crippen LogP contribution in [0.5, 0.6) is 0 Å². The molecule has 30 heavy (non-hydrogen) atoms. The van der Waals surface area contributed by atoms with Crippen molar-refractivity contribution in [2.24, 2.45) is 5.73 Å². The number of anilines is 3. The molecule has 0 unspecified atom stereocenters. The van der Waals surface area contributed by atoms with Crippen LogP contribution in [0.4, 0.5) is 17.3 Å². The number of nitrogens with two attached hydrogens (primary N) is 1. The van der Waals surface area contributed by atoms with Crippen molar-refractivity contribution in [3.63, 3.8) is 0 Å². The molecule has 158 valence electrons. The molecule has 3 rings (SSSR count). The number of nitrogens with zero attached hydrogens (tertiary/aromatic N) is 4. The van der Waals surface area contributed by atoms with Gasteiger partial charge in [0.2, 0.25) is 0 Å². The Hall–Kier alpha value is -2.89. The van der Waals surface area contributed by atoms with Crippen LogP contribution in [0.2, 0.25) is 5.02 Å². The Morgan fingerprint density at radius 2 is 2.00 bits per heavy atom. The van der Waals surface area contributed by atoms with E-state index in [1.165, 1.54) is 18.5 Å². The lowest BCUT2D eigenvalue weighted by atomic mass is 9.90. The molecule has 1 amide bonds. The number of nitriles is 1. The number of pyridine rings is 2. The maximum absolute atomic E-state index is 12.1. The summed E-state index contributed by atoms with van der Waals surface area (Å²) in [6.07, 6.45) is 5.69. The second-order valence-corrected chi connectivity index (χ2v) is 8.11. The SMILES string of the molecule is CC(C)N(c1cc(Nc2ncc(C#N)cc2Cl)ncc1C(N)=O)C1CCC(O)CC1. The number of aliphatic hydroxyl groups excluding tert-OH is 1. The molecule has 0 aliphatic heterocycles. The van der Waals surface area contributed by atoms with Crippen molar-refractivity contribution in [2.45, 2.75) is 57.7 Å². The van der Waals surface area contributed by atoms with Crippen molar-refractivity contribution >= 4 is 34.8 Å². The average Bonchev–Trinajstić information content (AvgIpc) is 2.71. The standard InChI is InChI=1S/C21H25ClN6O2/c1-12(2)28(14-3-5-15(29)6-4-14)18-8-19(25-11-16(18)20(24)30)27-21-17(22)7-13(9-23)10-26-21/h7-8,10-12,14-15,29H,3-6H2,1-2H3,(H2,24,30)(H,25,26,27). The van der Waals surface area contributed by atoms with E-state index >= 15 is 0 Å². The Bertz CT molecular complexity index is 966. The van der Waals surface area contributed by atoms with Crippen LogP contribution in [-0.4, -0.2) is 39.2 Å². The Kier molecular flexibility index (Phi) is 6.75. The van der Waals surface area contributed by atoms with Gasteiger partial charge in [-0.05, 0) is 45.6 Å². The van der Waals surface area contributed by atoms with Gasteiger partial charge in [-0.3, -0.25) is 4.79 Å². The van der Waals surface area contributed by atoms with Gasteiger partial charge < -0.3 is 21.1 Å². The average molecular weight is 429 g/mol. The van der Waals surface area contributed by atoms with Crippen LogP contribution in [0.1, 0.15) is 55.5 Å². The molecule has 0 saturated heterocycles. The van der Waals surface area contributed by atoms with Crippen LogP contribution in [0.3, 0.4) is 0 Å². The first-order valence-electron chi connectivity index (χ1n) is 9.89. The highest BCUT2D eigenvalue weighted by Crippen LogP contribution is 2.33. The molecule has 0 atom stereocenters. The van der Waals surface area contributed by atoms with Crippen LogP contribution in [0.25, 0.3) is 0 Å². The quantitative estimate of drug-likeness (QED) is 0.643. The zero-order valence-corrected chi connectivity index (χ0v) is 17.7. The van der Waals surface area contributed by atoms with E-state index in [-0.39, 0.29) is 18.2 Å². The number of amides is 1. The fourth-order valence-electron chi connectivity index (χ4n) is 3.86. The summed E-state index contributed by atoms with van der Waals surface area (Å²) in [7, 11) is 0. The number of rotatable bonds is 6. The number of carbonyl (C=O) groups excluding carboxylic acids is 1. The van der Waals surface area contributed by atoms with Gasteiger partial charge in [0, 0.05) is 30.5 Å². The summed E-state index contributed by atoms with van der Waals surface area (Å²) in [6, 6.07) is 5.56. The smallest absolute Gasteiger partial charge is 0.252 e. The zero-order chi connectivity index (χ0) is 21.8. The van der Waals surface area contributed by atoms with E-state index in [2.05, 4.69) is 34.0 Å². The molecule has 1 aliphatic rings. The van der Waals surface area contributed by atoms with Crippen LogP contribution < -0.4 is 16.0 Å². The maximum Gasteiger partial charge on any atom is 0.252 e. The summed E-state index contributed by atoms with van der Waals surface area (Å²) in [5, 5.41) is 22.2. The van der Waals surface area contributed by atoms with Crippen molar-refractivity contribution in [1.82, 2.24) is 9.97 Å². The lowest BCUT2D eigenvalue weighted by molar-refractivity contribution is 0.0999. The van der Waals surface area contributed by atoms with Crippen molar-refractivity contribution < 1.29 is 9.90 Å². The van der Waals surface area contributed by atoms with E-state index in [0.717, 1.165) is 25.7 Å². The molecule has 1 fully saturated rings. The van der Waals surface area contributed by atoms with Crippen molar-refractivity contribution in [2.75, 3.05) is 10.2 Å². The van der Waals surface area contributed by atoms with E-state index in [9.17, 15) is 9.90 Å². The number of halogens is 1. The Morgan fingerprint density at radius 1 is 1.30 bits per heavy atom. The van der Waals surface area contributed by atoms with Gasteiger partial charge in [-0.25, -0.2) is 9.97 Å². The Morgan fingerprint density at radius 3 is 2.57 bits per heavy atom. The molecule has 0 bridgehead atoms. The molecule has 0 spiro atoms. The van der Waals surface area contributed by atoms with Gasteiger partial charge in [0.15, 0.2) is 0 Å². The van der Waals surface area contributed by atoms with E-state index < -0.39 is 5.91 Å². The monoisotopic (exact) mass is 428 g/mol. The fourth-order valence-corrected chi connectivity index (χ4v) is 4.08. The molecule has 1 saturated carbocycles. The lowest BCUT2D eigenvalue weighted by Crippen LogP contribution is -2.44. The van der Waals surface area contributed by atoms with Gasteiger partial charge in [-0.2, -0.15) is 5.26 Å². The molecule has 1 aliphatic carbocycles. The zero-order valence-electron chi connectivity index (χ0n) is 17.0. The number of aliphatic hydroxyl groups is 1. The highest BCUT2D eigenvalue weighted by Gasteiger charge is 2.29. The predicted molar refractivity (Wildman–Crippen MR) is 116 cm³/mol. The van der Waals surface area contributed by atoms with E-state index in [1.807, 2.05) is 6.07 Å². The predicted octanol–water partition coefficient (Wildman–Crippen LogP) is 3.36. The summed E-state index contributed by atoms with van der Waals surface area (Å²) in [6.45, 7) is 4.12. The largest absolute Gasteiger partial charge is 0.393 e.